The third kappa shape index (κ3) is 3.31. The molecule has 1 fully saturated rings. The van der Waals surface area contributed by atoms with Crippen molar-refractivity contribution in [1.82, 2.24) is 4.98 Å². The van der Waals surface area contributed by atoms with Crippen LogP contribution >= 0.6 is 0 Å². The number of hydrogen-bond donors (Lipinski definition) is 0. The normalized spacial score (nSPS) is 19.2. The van der Waals surface area contributed by atoms with Gasteiger partial charge in [0.15, 0.2) is 0 Å². The first kappa shape index (κ1) is 18.0. The minimum atomic E-state index is -4.36. The quantitative estimate of drug-likeness (QED) is 0.766. The lowest BCUT2D eigenvalue weighted by Gasteiger charge is -2.32. The molecule has 0 saturated carbocycles. The molecule has 0 N–H and O–H groups in total. The minimum absolute atomic E-state index is 0.521. The number of pyridine rings is 1. The number of hydrogen-bond acceptors (Lipinski definition) is 3. The maximum Gasteiger partial charge on any atom is 0.515 e. The van der Waals surface area contributed by atoms with E-state index in [1.54, 1.807) is 18.3 Å². The second kappa shape index (κ2) is 5.85. The van der Waals surface area contributed by atoms with Crippen LogP contribution in [0.3, 0.4) is 0 Å². The molecule has 7 heteroatoms. The van der Waals surface area contributed by atoms with E-state index in [9.17, 15) is 13.2 Å². The first-order chi connectivity index (χ1) is 11.5. The Kier molecular flexibility index (Phi) is 4.20. The summed E-state index contributed by atoms with van der Waals surface area (Å²) in [6, 6.07) is 8.55. The highest BCUT2D eigenvalue weighted by molar-refractivity contribution is 6.62. The van der Waals surface area contributed by atoms with Gasteiger partial charge in [-0.1, -0.05) is 18.2 Å². The molecule has 0 bridgehead atoms. The van der Waals surface area contributed by atoms with Crippen LogP contribution in [0.2, 0.25) is 0 Å². The Hall–Kier alpha value is -1.86. The van der Waals surface area contributed by atoms with Gasteiger partial charge in [0.25, 0.3) is 0 Å². The minimum Gasteiger partial charge on any atom is -0.398 e. The molecule has 0 spiro atoms. The van der Waals surface area contributed by atoms with Crippen molar-refractivity contribution in [2.75, 3.05) is 0 Å². The number of alkyl halides is 3. The molecule has 2 aromatic rings. The first-order valence-corrected chi connectivity index (χ1v) is 7.99. The van der Waals surface area contributed by atoms with E-state index in [1.807, 2.05) is 27.7 Å². The monoisotopic (exact) mass is 349 g/mol. The van der Waals surface area contributed by atoms with Gasteiger partial charge in [0, 0.05) is 6.20 Å². The number of rotatable bonds is 2. The van der Waals surface area contributed by atoms with Gasteiger partial charge in [-0.25, -0.2) is 0 Å². The molecule has 1 aromatic carbocycles. The summed E-state index contributed by atoms with van der Waals surface area (Å²) in [6.45, 7) is 7.75. The average molecular weight is 349 g/mol. The lowest BCUT2D eigenvalue weighted by molar-refractivity contribution is -0.137. The predicted molar refractivity (Wildman–Crippen MR) is 90.4 cm³/mol. The molecule has 1 aliphatic rings. The highest BCUT2D eigenvalue weighted by Crippen LogP contribution is 2.37. The molecule has 1 aliphatic heterocycles. The summed E-state index contributed by atoms with van der Waals surface area (Å²) in [5.41, 5.74) is 0.151. The van der Waals surface area contributed by atoms with Crippen LogP contribution < -0.4 is 5.59 Å². The van der Waals surface area contributed by atoms with Crippen LogP contribution in [-0.4, -0.2) is 23.3 Å². The van der Waals surface area contributed by atoms with E-state index >= 15 is 0 Å². The highest BCUT2D eigenvalue weighted by Gasteiger charge is 2.52. The zero-order chi connectivity index (χ0) is 18.5. The Bertz CT molecular complexity index is 757. The van der Waals surface area contributed by atoms with Crippen molar-refractivity contribution in [2.45, 2.75) is 45.1 Å². The van der Waals surface area contributed by atoms with E-state index in [1.165, 1.54) is 12.1 Å². The molecular formula is C18H19BF3NO2. The van der Waals surface area contributed by atoms with Crippen LogP contribution in [0.25, 0.3) is 11.1 Å². The SMILES string of the molecule is CC1(C)OB(c2ncccc2-c2ccc(C(F)(F)F)cc2)OC1(C)C. The van der Waals surface area contributed by atoms with Crippen molar-refractivity contribution in [3.8, 4) is 11.1 Å². The second-order valence-corrected chi connectivity index (χ2v) is 7.10. The van der Waals surface area contributed by atoms with Crippen LogP contribution in [0.4, 0.5) is 13.2 Å². The van der Waals surface area contributed by atoms with Crippen LogP contribution in [0.5, 0.6) is 0 Å². The Morgan fingerprint density at radius 1 is 0.920 bits per heavy atom. The van der Waals surface area contributed by atoms with Gasteiger partial charge >= 0.3 is 13.3 Å². The summed E-state index contributed by atoms with van der Waals surface area (Å²) in [7, 11) is -0.677. The third-order valence-corrected chi connectivity index (χ3v) is 4.84. The summed E-state index contributed by atoms with van der Waals surface area (Å²) < 4.78 is 50.3. The van der Waals surface area contributed by atoms with E-state index in [-0.39, 0.29) is 0 Å². The van der Waals surface area contributed by atoms with Gasteiger partial charge in [0.05, 0.1) is 22.4 Å². The van der Waals surface area contributed by atoms with Gasteiger partial charge in [-0.3, -0.25) is 4.98 Å². The molecule has 2 heterocycles. The first-order valence-electron chi connectivity index (χ1n) is 7.99. The van der Waals surface area contributed by atoms with Gasteiger partial charge in [-0.05, 0) is 57.0 Å². The van der Waals surface area contributed by atoms with Gasteiger partial charge in [0.2, 0.25) is 0 Å². The molecule has 25 heavy (non-hydrogen) atoms. The fourth-order valence-electron chi connectivity index (χ4n) is 2.64. The topological polar surface area (TPSA) is 31.4 Å². The van der Waals surface area contributed by atoms with Crippen molar-refractivity contribution in [3.63, 3.8) is 0 Å². The molecule has 3 nitrogen and oxygen atoms in total. The predicted octanol–water partition coefficient (Wildman–Crippen LogP) is 4.07. The van der Waals surface area contributed by atoms with Gasteiger partial charge in [-0.15, -0.1) is 0 Å². The van der Waals surface area contributed by atoms with E-state index in [4.69, 9.17) is 9.31 Å². The Labute approximate surface area is 145 Å². The molecule has 132 valence electrons. The maximum atomic E-state index is 12.8. The number of aromatic nitrogens is 1. The van der Waals surface area contributed by atoms with Crippen LogP contribution in [-0.2, 0) is 15.5 Å². The van der Waals surface area contributed by atoms with Crippen molar-refractivity contribution in [2.24, 2.45) is 0 Å². The van der Waals surface area contributed by atoms with Crippen LogP contribution in [0, 0.1) is 0 Å². The van der Waals surface area contributed by atoms with E-state index < -0.39 is 30.1 Å². The van der Waals surface area contributed by atoms with Crippen molar-refractivity contribution >= 4 is 12.7 Å². The van der Waals surface area contributed by atoms with Crippen molar-refractivity contribution in [3.05, 3.63) is 48.2 Å². The van der Waals surface area contributed by atoms with Crippen molar-refractivity contribution < 1.29 is 22.5 Å². The summed E-state index contributed by atoms with van der Waals surface area (Å²) in [5, 5.41) is 0. The van der Waals surface area contributed by atoms with E-state index in [2.05, 4.69) is 4.98 Å². The Morgan fingerprint density at radius 2 is 1.48 bits per heavy atom. The zero-order valence-electron chi connectivity index (χ0n) is 14.5. The summed E-state index contributed by atoms with van der Waals surface area (Å²) in [6.07, 6.45) is -2.74. The molecule has 1 saturated heterocycles. The largest absolute Gasteiger partial charge is 0.515 e. The smallest absolute Gasteiger partial charge is 0.398 e. The molecule has 0 unspecified atom stereocenters. The summed E-state index contributed by atoms with van der Waals surface area (Å²) in [5.74, 6) is 0. The fourth-order valence-corrected chi connectivity index (χ4v) is 2.64. The summed E-state index contributed by atoms with van der Waals surface area (Å²) >= 11 is 0. The molecule has 1 aromatic heterocycles. The van der Waals surface area contributed by atoms with Crippen LogP contribution in [0.15, 0.2) is 42.6 Å². The molecule has 0 atom stereocenters. The maximum absolute atomic E-state index is 12.8. The number of halogens is 3. The fraction of sp³-hybridized carbons (Fsp3) is 0.389. The second-order valence-electron chi connectivity index (χ2n) is 7.10. The third-order valence-electron chi connectivity index (χ3n) is 4.84. The number of nitrogens with zero attached hydrogens (tertiary/aromatic N) is 1. The summed E-state index contributed by atoms with van der Waals surface area (Å²) in [4.78, 5) is 4.37. The number of benzene rings is 1. The standard InChI is InChI=1S/C18H19BF3NO2/c1-16(2)17(3,4)25-19(24-16)15-14(6-5-11-23-15)12-7-9-13(10-8-12)18(20,21)22/h5-11H,1-4H3. The lowest BCUT2D eigenvalue weighted by atomic mass is 9.79. The van der Waals surface area contributed by atoms with E-state index in [0.29, 0.717) is 16.7 Å². The van der Waals surface area contributed by atoms with Crippen molar-refractivity contribution in [1.29, 1.82) is 0 Å². The van der Waals surface area contributed by atoms with Gasteiger partial charge in [0.1, 0.15) is 0 Å². The van der Waals surface area contributed by atoms with Gasteiger partial charge in [-0.2, -0.15) is 13.2 Å². The molecular weight excluding hydrogens is 330 g/mol. The van der Waals surface area contributed by atoms with Crippen LogP contribution in [0.1, 0.15) is 33.3 Å². The molecule has 0 aliphatic carbocycles. The molecule has 0 radical (unpaired) electrons. The average Bonchev–Trinajstić information content (AvgIpc) is 2.75. The Balaban J connectivity index is 1.98. The Morgan fingerprint density at radius 3 is 2.00 bits per heavy atom. The zero-order valence-corrected chi connectivity index (χ0v) is 14.5. The highest BCUT2D eigenvalue weighted by atomic mass is 19.4. The van der Waals surface area contributed by atoms with Gasteiger partial charge < -0.3 is 9.31 Å². The lowest BCUT2D eigenvalue weighted by Crippen LogP contribution is -2.41. The molecule has 3 rings (SSSR count). The van der Waals surface area contributed by atoms with E-state index in [0.717, 1.165) is 12.1 Å². The molecule has 0 amide bonds.